The summed E-state index contributed by atoms with van der Waals surface area (Å²) in [6, 6.07) is 11.5. The minimum atomic E-state index is -0.0475. The number of piperazine rings is 1. The molecule has 2 aromatic rings. The van der Waals surface area contributed by atoms with Crippen LogP contribution in [0.4, 0.5) is 11.4 Å². The quantitative estimate of drug-likeness (QED) is 0.508. The minimum Gasteiger partial charge on any atom is -0.395 e. The first-order chi connectivity index (χ1) is 16.9. The van der Waals surface area contributed by atoms with E-state index in [1.807, 2.05) is 36.1 Å². The van der Waals surface area contributed by atoms with E-state index in [1.54, 1.807) is 6.07 Å². The summed E-state index contributed by atoms with van der Waals surface area (Å²) in [5, 5.41) is 14.5. The van der Waals surface area contributed by atoms with Gasteiger partial charge in [-0.3, -0.25) is 9.69 Å². The van der Waals surface area contributed by atoms with Gasteiger partial charge in [0, 0.05) is 67.5 Å². The lowest BCUT2D eigenvalue weighted by molar-refractivity contribution is -0.138. The average Bonchev–Trinajstić information content (AvgIpc) is 2.85. The molecule has 2 aromatic carbocycles. The number of nitrogens with zero attached hydrogens (tertiary/aromatic N) is 3. The molecule has 0 radical (unpaired) electrons. The average molecular weight is 540 g/mol. The third-order valence-electron chi connectivity index (χ3n) is 7.06. The zero-order valence-electron chi connectivity index (χ0n) is 20.0. The Labute approximate surface area is 222 Å². The van der Waals surface area contributed by atoms with Crippen LogP contribution in [-0.4, -0.2) is 73.2 Å². The highest BCUT2D eigenvalue weighted by Crippen LogP contribution is 2.34. The van der Waals surface area contributed by atoms with Crippen LogP contribution in [0.2, 0.25) is 15.1 Å². The maximum absolute atomic E-state index is 13.1. The molecule has 0 aliphatic carbocycles. The number of aliphatic hydroxyl groups excluding tert-OH is 1. The van der Waals surface area contributed by atoms with Crippen LogP contribution in [0.5, 0.6) is 0 Å². The van der Waals surface area contributed by atoms with Gasteiger partial charge in [0.2, 0.25) is 5.91 Å². The van der Waals surface area contributed by atoms with E-state index in [0.717, 1.165) is 69.0 Å². The number of rotatable bonds is 7. The molecule has 1 unspecified atom stereocenters. The fraction of sp³-hybridized carbons (Fsp3) is 0.500. The third-order valence-corrected chi connectivity index (χ3v) is 7.95. The molecular weight excluding hydrogens is 507 g/mol. The number of amides is 1. The molecule has 1 amide bonds. The van der Waals surface area contributed by atoms with E-state index in [4.69, 9.17) is 39.9 Å². The number of β-amino-alcohol motifs (C(OH)–C–C–N with tert-alkyl or cyclic N) is 1. The first-order valence-electron chi connectivity index (χ1n) is 12.2. The smallest absolute Gasteiger partial charge is 0.225 e. The second kappa shape index (κ2) is 12.0. The second-order valence-corrected chi connectivity index (χ2v) is 10.6. The van der Waals surface area contributed by atoms with Gasteiger partial charge in [0.15, 0.2) is 0 Å². The number of carbonyl (C=O) groups is 1. The highest BCUT2D eigenvalue weighted by Gasteiger charge is 2.30. The van der Waals surface area contributed by atoms with Crippen LogP contribution in [0.1, 0.15) is 31.4 Å². The van der Waals surface area contributed by atoms with Crippen LogP contribution >= 0.6 is 34.8 Å². The minimum absolute atomic E-state index is 0.0475. The molecule has 2 saturated heterocycles. The molecule has 190 valence electrons. The highest BCUT2D eigenvalue weighted by molar-refractivity contribution is 6.35. The molecule has 1 atom stereocenters. The van der Waals surface area contributed by atoms with Crippen molar-refractivity contribution < 1.29 is 9.90 Å². The van der Waals surface area contributed by atoms with E-state index in [9.17, 15) is 4.79 Å². The number of hydrogen-bond acceptors (Lipinski definition) is 5. The Morgan fingerprint density at radius 2 is 1.71 bits per heavy atom. The van der Waals surface area contributed by atoms with E-state index in [0.29, 0.717) is 21.6 Å². The fourth-order valence-corrected chi connectivity index (χ4v) is 5.70. The maximum Gasteiger partial charge on any atom is 0.225 e. The zero-order chi connectivity index (χ0) is 24.9. The van der Waals surface area contributed by atoms with Crippen LogP contribution in [0.25, 0.3) is 0 Å². The summed E-state index contributed by atoms with van der Waals surface area (Å²) in [5.41, 5.74) is 2.89. The molecule has 2 aliphatic rings. The summed E-state index contributed by atoms with van der Waals surface area (Å²) in [7, 11) is 0. The van der Waals surface area contributed by atoms with Crippen molar-refractivity contribution in [2.75, 3.05) is 62.6 Å². The number of hydrogen-bond donors (Lipinski definition) is 2. The van der Waals surface area contributed by atoms with E-state index in [1.165, 1.54) is 0 Å². The van der Waals surface area contributed by atoms with E-state index < -0.39 is 0 Å². The summed E-state index contributed by atoms with van der Waals surface area (Å²) < 4.78 is 0. The Morgan fingerprint density at radius 1 is 1.00 bits per heavy atom. The third kappa shape index (κ3) is 6.55. The Morgan fingerprint density at radius 3 is 2.37 bits per heavy atom. The van der Waals surface area contributed by atoms with Gasteiger partial charge in [0.25, 0.3) is 0 Å². The number of nitrogens with one attached hydrogen (secondary N) is 1. The molecule has 2 N–H and O–H groups in total. The predicted molar refractivity (Wildman–Crippen MR) is 145 cm³/mol. The predicted octanol–water partition coefficient (Wildman–Crippen LogP) is 5.17. The second-order valence-electron chi connectivity index (χ2n) is 9.35. The van der Waals surface area contributed by atoms with Gasteiger partial charge in [0.05, 0.1) is 23.4 Å². The van der Waals surface area contributed by atoms with Crippen molar-refractivity contribution >= 4 is 52.1 Å². The van der Waals surface area contributed by atoms with Crippen molar-refractivity contribution in [3.05, 3.63) is 57.0 Å². The van der Waals surface area contributed by atoms with Crippen molar-refractivity contribution in [2.45, 2.75) is 25.8 Å². The number of benzene rings is 2. The lowest BCUT2D eigenvalue weighted by Gasteiger charge is -2.39. The SMILES string of the molecule is CC(Nc1cc(N2CCC(C(=O)N3CCN(CCO)CC3)CC2)ccc1Cl)c1ccc(Cl)cc1Cl. The number of piperidine rings is 1. The van der Waals surface area contributed by atoms with Crippen molar-refractivity contribution in [3.8, 4) is 0 Å². The molecule has 0 aromatic heterocycles. The summed E-state index contributed by atoms with van der Waals surface area (Å²) in [6.07, 6.45) is 1.69. The van der Waals surface area contributed by atoms with Gasteiger partial charge >= 0.3 is 0 Å². The van der Waals surface area contributed by atoms with Crippen molar-refractivity contribution in [1.29, 1.82) is 0 Å². The summed E-state index contributed by atoms with van der Waals surface area (Å²) >= 11 is 18.9. The van der Waals surface area contributed by atoms with Gasteiger partial charge in [0.1, 0.15) is 0 Å². The van der Waals surface area contributed by atoms with Crippen LogP contribution in [0, 0.1) is 5.92 Å². The van der Waals surface area contributed by atoms with Crippen molar-refractivity contribution in [3.63, 3.8) is 0 Å². The molecule has 2 fully saturated rings. The van der Waals surface area contributed by atoms with Crippen LogP contribution in [0.15, 0.2) is 36.4 Å². The summed E-state index contributed by atoms with van der Waals surface area (Å²) in [5.74, 6) is 0.355. The zero-order valence-corrected chi connectivity index (χ0v) is 22.3. The van der Waals surface area contributed by atoms with Crippen molar-refractivity contribution in [1.82, 2.24) is 9.80 Å². The molecule has 4 rings (SSSR count). The van der Waals surface area contributed by atoms with Gasteiger partial charge < -0.3 is 20.2 Å². The van der Waals surface area contributed by atoms with Gasteiger partial charge in [-0.15, -0.1) is 0 Å². The molecule has 0 saturated carbocycles. The fourth-order valence-electron chi connectivity index (χ4n) is 4.96. The van der Waals surface area contributed by atoms with Crippen LogP contribution < -0.4 is 10.2 Å². The first kappa shape index (κ1) is 26.4. The number of halogens is 3. The topological polar surface area (TPSA) is 59.1 Å². The van der Waals surface area contributed by atoms with Gasteiger partial charge in [-0.05, 0) is 55.7 Å². The summed E-state index contributed by atoms with van der Waals surface area (Å²) in [6.45, 7) is 7.74. The van der Waals surface area contributed by atoms with Crippen LogP contribution in [-0.2, 0) is 4.79 Å². The maximum atomic E-state index is 13.1. The van der Waals surface area contributed by atoms with Gasteiger partial charge in [-0.2, -0.15) is 0 Å². The van der Waals surface area contributed by atoms with E-state index in [-0.39, 0.29) is 24.5 Å². The number of anilines is 2. The van der Waals surface area contributed by atoms with Crippen molar-refractivity contribution in [2.24, 2.45) is 5.92 Å². The van der Waals surface area contributed by atoms with Gasteiger partial charge in [-0.1, -0.05) is 40.9 Å². The largest absolute Gasteiger partial charge is 0.395 e. The highest BCUT2D eigenvalue weighted by atomic mass is 35.5. The molecular formula is C26H33Cl3N4O2. The standard InChI is InChI=1S/C26H33Cl3N4O2/c1-18(22-4-2-20(27)16-24(22)29)30-25-17-21(3-5-23(25)28)32-8-6-19(7-9-32)26(35)33-12-10-31(11-13-33)14-15-34/h2-5,16-19,30,34H,6-15H2,1H3. The number of carbonyl (C=O) groups excluding carboxylic acids is 1. The molecule has 2 heterocycles. The molecule has 35 heavy (non-hydrogen) atoms. The summed E-state index contributed by atoms with van der Waals surface area (Å²) in [4.78, 5) is 19.6. The normalized spacial score (nSPS) is 18.5. The lowest BCUT2D eigenvalue weighted by atomic mass is 9.94. The monoisotopic (exact) mass is 538 g/mol. The number of aliphatic hydroxyl groups is 1. The molecule has 6 nitrogen and oxygen atoms in total. The molecule has 9 heteroatoms. The van der Waals surface area contributed by atoms with Gasteiger partial charge in [-0.25, -0.2) is 0 Å². The lowest BCUT2D eigenvalue weighted by Crippen LogP contribution is -2.52. The Kier molecular flexibility index (Phi) is 9.06. The molecule has 0 spiro atoms. The molecule has 2 aliphatic heterocycles. The first-order valence-corrected chi connectivity index (χ1v) is 13.4. The Hall–Kier alpha value is -1.70. The Bertz CT molecular complexity index is 1020. The Balaban J connectivity index is 1.34. The van der Waals surface area contributed by atoms with Crippen LogP contribution in [0.3, 0.4) is 0 Å². The van der Waals surface area contributed by atoms with E-state index >= 15 is 0 Å². The molecule has 0 bridgehead atoms. The van der Waals surface area contributed by atoms with E-state index in [2.05, 4.69) is 21.2 Å².